The minimum Gasteiger partial charge on any atom is -0.487 e. The second-order valence-electron chi connectivity index (χ2n) is 7.35. The van der Waals surface area contributed by atoms with E-state index < -0.39 is 6.10 Å². The van der Waals surface area contributed by atoms with Crippen molar-refractivity contribution in [2.24, 2.45) is 0 Å². The average molecular weight is 429 g/mol. The van der Waals surface area contributed by atoms with Crippen molar-refractivity contribution in [3.8, 4) is 11.5 Å². The van der Waals surface area contributed by atoms with Gasteiger partial charge in [-0.15, -0.1) is 0 Å². The molecule has 2 aromatic carbocycles. The number of amides is 1. The zero-order chi connectivity index (χ0) is 22.5. The van der Waals surface area contributed by atoms with Crippen molar-refractivity contribution in [3.63, 3.8) is 0 Å². The van der Waals surface area contributed by atoms with Crippen molar-refractivity contribution in [3.05, 3.63) is 101 Å². The molecule has 0 aliphatic carbocycles. The van der Waals surface area contributed by atoms with Gasteiger partial charge in [0.25, 0.3) is 11.5 Å². The second-order valence-corrected chi connectivity index (χ2v) is 7.35. The van der Waals surface area contributed by atoms with Gasteiger partial charge in [0.1, 0.15) is 23.8 Å². The number of hydrogen-bond acceptors (Lipinski definition) is 5. The predicted octanol–water partition coefficient (Wildman–Crippen LogP) is 3.99. The van der Waals surface area contributed by atoms with Crippen molar-refractivity contribution < 1.29 is 14.3 Å². The number of carbonyl (C=O) groups is 1. The number of ether oxygens (including phenoxy) is 2. The first-order valence-corrected chi connectivity index (χ1v) is 10.2. The van der Waals surface area contributed by atoms with E-state index in [1.54, 1.807) is 49.5 Å². The summed E-state index contributed by atoms with van der Waals surface area (Å²) in [6.45, 7) is 3.76. The quantitative estimate of drug-likeness (QED) is 0.480. The van der Waals surface area contributed by atoms with Gasteiger partial charge in [-0.3, -0.25) is 14.0 Å². The van der Waals surface area contributed by atoms with Crippen LogP contribution in [0.15, 0.2) is 83.8 Å². The van der Waals surface area contributed by atoms with Gasteiger partial charge in [-0.25, -0.2) is 4.98 Å². The largest absolute Gasteiger partial charge is 0.487 e. The monoisotopic (exact) mass is 429 g/mol. The van der Waals surface area contributed by atoms with E-state index in [-0.39, 0.29) is 18.1 Å². The molecule has 0 spiro atoms. The minimum atomic E-state index is -0.644. The summed E-state index contributed by atoms with van der Waals surface area (Å²) in [5, 5.41) is 2.82. The highest BCUT2D eigenvalue weighted by molar-refractivity contribution is 5.94. The molecule has 0 bridgehead atoms. The van der Waals surface area contributed by atoms with Gasteiger partial charge in [0, 0.05) is 18.0 Å². The maximum Gasteiger partial charge on any atom is 0.265 e. The molecule has 0 saturated carbocycles. The molecular formula is C25H23N3O4. The lowest BCUT2D eigenvalue weighted by atomic mass is 10.2. The van der Waals surface area contributed by atoms with Crippen LogP contribution < -0.4 is 20.3 Å². The Morgan fingerprint density at radius 3 is 2.53 bits per heavy atom. The van der Waals surface area contributed by atoms with E-state index in [4.69, 9.17) is 9.47 Å². The SMILES string of the molecule is Cc1cccn2c(=O)cc(COc3ccc(NC(=O)[C@H](C)Oc4ccccc4)cc3)nc12. The van der Waals surface area contributed by atoms with Crippen LogP contribution in [-0.2, 0) is 11.4 Å². The highest BCUT2D eigenvalue weighted by Gasteiger charge is 2.15. The van der Waals surface area contributed by atoms with Crippen molar-refractivity contribution in [1.29, 1.82) is 0 Å². The number of rotatable bonds is 7. The van der Waals surface area contributed by atoms with Gasteiger partial charge in [-0.2, -0.15) is 0 Å². The molecule has 162 valence electrons. The number of benzene rings is 2. The van der Waals surface area contributed by atoms with E-state index >= 15 is 0 Å². The summed E-state index contributed by atoms with van der Waals surface area (Å²) in [4.78, 5) is 29.2. The van der Waals surface area contributed by atoms with Gasteiger partial charge < -0.3 is 14.8 Å². The van der Waals surface area contributed by atoms with Crippen LogP contribution in [0.1, 0.15) is 18.2 Å². The summed E-state index contributed by atoms with van der Waals surface area (Å²) in [5.74, 6) is 0.984. The van der Waals surface area contributed by atoms with Crippen molar-refractivity contribution >= 4 is 17.2 Å². The minimum absolute atomic E-state index is 0.151. The standard InChI is InChI=1S/C25H23N3O4/c1-17-7-6-14-28-23(29)15-20(26-24(17)28)16-31-21-12-10-19(11-13-21)27-25(30)18(2)32-22-8-4-3-5-9-22/h3-15,18H,16H2,1-2H3,(H,27,30)/t18-/m0/s1. The van der Waals surface area contributed by atoms with Gasteiger partial charge in [-0.1, -0.05) is 24.3 Å². The van der Waals surface area contributed by atoms with Crippen LogP contribution >= 0.6 is 0 Å². The number of hydrogen-bond donors (Lipinski definition) is 1. The summed E-state index contributed by atoms with van der Waals surface area (Å²) in [5.41, 5.74) is 2.56. The third-order valence-corrected chi connectivity index (χ3v) is 4.87. The molecule has 0 aliphatic heterocycles. The van der Waals surface area contributed by atoms with Crippen LogP contribution in [0.25, 0.3) is 5.65 Å². The van der Waals surface area contributed by atoms with E-state index in [0.717, 1.165) is 5.56 Å². The van der Waals surface area contributed by atoms with Crippen LogP contribution in [-0.4, -0.2) is 21.4 Å². The topological polar surface area (TPSA) is 81.9 Å². The number of aromatic nitrogens is 2. The van der Waals surface area contributed by atoms with E-state index in [0.29, 0.717) is 28.5 Å². The number of pyridine rings is 1. The number of nitrogens with one attached hydrogen (secondary N) is 1. The molecule has 7 heteroatoms. The Bertz CT molecular complexity index is 1280. The van der Waals surface area contributed by atoms with E-state index in [9.17, 15) is 9.59 Å². The van der Waals surface area contributed by atoms with Gasteiger partial charge >= 0.3 is 0 Å². The molecule has 7 nitrogen and oxygen atoms in total. The van der Waals surface area contributed by atoms with Crippen LogP contribution in [0.4, 0.5) is 5.69 Å². The zero-order valence-electron chi connectivity index (χ0n) is 17.8. The number of nitrogens with zero attached hydrogens (tertiary/aromatic N) is 2. The number of fused-ring (bicyclic) bond motifs is 1. The lowest BCUT2D eigenvalue weighted by Crippen LogP contribution is -2.30. The smallest absolute Gasteiger partial charge is 0.265 e. The zero-order valence-corrected chi connectivity index (χ0v) is 17.8. The molecule has 2 aromatic heterocycles. The van der Waals surface area contributed by atoms with Crippen LogP contribution in [0, 0.1) is 6.92 Å². The van der Waals surface area contributed by atoms with Gasteiger partial charge in [0.15, 0.2) is 6.10 Å². The third kappa shape index (κ3) is 4.95. The molecule has 1 N–H and O–H groups in total. The summed E-state index contributed by atoms with van der Waals surface area (Å²) in [7, 11) is 0. The summed E-state index contributed by atoms with van der Waals surface area (Å²) in [6.07, 6.45) is 1.05. The van der Waals surface area contributed by atoms with Crippen LogP contribution in [0.5, 0.6) is 11.5 Å². The molecular weight excluding hydrogens is 406 g/mol. The molecule has 0 aliphatic rings. The predicted molar refractivity (Wildman–Crippen MR) is 122 cm³/mol. The number of para-hydroxylation sites is 1. The Kier molecular flexibility index (Phi) is 6.17. The molecule has 2 heterocycles. The molecule has 0 radical (unpaired) electrons. The molecule has 4 rings (SSSR count). The first-order chi connectivity index (χ1) is 15.5. The van der Waals surface area contributed by atoms with Gasteiger partial charge in [-0.05, 0) is 61.9 Å². The molecule has 1 amide bonds. The fraction of sp³-hybridized carbons (Fsp3) is 0.160. The summed E-state index contributed by atoms with van der Waals surface area (Å²) >= 11 is 0. The van der Waals surface area contributed by atoms with E-state index in [1.165, 1.54) is 10.5 Å². The highest BCUT2D eigenvalue weighted by atomic mass is 16.5. The van der Waals surface area contributed by atoms with Crippen molar-refractivity contribution in [2.75, 3.05) is 5.32 Å². The third-order valence-electron chi connectivity index (χ3n) is 4.87. The Labute approximate surface area is 185 Å². The first kappa shape index (κ1) is 21.1. The lowest BCUT2D eigenvalue weighted by Gasteiger charge is -2.15. The second kappa shape index (κ2) is 9.34. The molecule has 0 fully saturated rings. The van der Waals surface area contributed by atoms with Gasteiger partial charge in [0.2, 0.25) is 0 Å². The number of anilines is 1. The van der Waals surface area contributed by atoms with Crippen LogP contribution in [0.3, 0.4) is 0 Å². The maximum absolute atomic E-state index is 12.4. The van der Waals surface area contributed by atoms with Crippen molar-refractivity contribution in [1.82, 2.24) is 9.38 Å². The fourth-order valence-corrected chi connectivity index (χ4v) is 3.18. The molecule has 0 unspecified atom stereocenters. The van der Waals surface area contributed by atoms with Crippen LogP contribution in [0.2, 0.25) is 0 Å². The van der Waals surface area contributed by atoms with Crippen molar-refractivity contribution in [2.45, 2.75) is 26.6 Å². The van der Waals surface area contributed by atoms with E-state index in [2.05, 4.69) is 10.3 Å². The highest BCUT2D eigenvalue weighted by Crippen LogP contribution is 2.18. The van der Waals surface area contributed by atoms with Gasteiger partial charge in [0.05, 0.1) is 5.69 Å². The number of carbonyl (C=O) groups excluding carboxylic acids is 1. The average Bonchev–Trinajstić information content (AvgIpc) is 2.80. The molecule has 4 aromatic rings. The Morgan fingerprint density at radius 1 is 1.03 bits per heavy atom. The summed E-state index contributed by atoms with van der Waals surface area (Å²) < 4.78 is 12.9. The Hall–Kier alpha value is -4.13. The Morgan fingerprint density at radius 2 is 1.78 bits per heavy atom. The lowest BCUT2D eigenvalue weighted by molar-refractivity contribution is -0.122. The Balaban J connectivity index is 1.36. The molecule has 1 atom stereocenters. The molecule has 32 heavy (non-hydrogen) atoms. The fourth-order valence-electron chi connectivity index (χ4n) is 3.18. The molecule has 0 saturated heterocycles. The first-order valence-electron chi connectivity index (χ1n) is 10.2. The van der Waals surface area contributed by atoms with E-state index in [1.807, 2.05) is 37.3 Å². The normalized spacial score (nSPS) is 11.7. The maximum atomic E-state index is 12.4. The summed E-state index contributed by atoms with van der Waals surface area (Å²) in [6, 6.07) is 21.4. The number of aryl methyl sites for hydroxylation is 1.